The molecule has 2 heterocycles. The van der Waals surface area contributed by atoms with Gasteiger partial charge in [0.25, 0.3) is 0 Å². The SMILES string of the molecule is CCC(C)C(C(CC(=O)N1CCC[C@H]1C(OC)C(C)C(=O)NC(Cc1ccccc1)C(=O)OC)OC)N(C)C(=O)C(NC(=O)C(C(C)C)N(C)Cc1ccnc(NC(=O)OC(C)(C)C)c1)C(C)C. The lowest BCUT2D eigenvalue weighted by Gasteiger charge is -2.41. The van der Waals surface area contributed by atoms with Gasteiger partial charge >= 0.3 is 12.1 Å². The highest BCUT2D eigenvalue weighted by molar-refractivity contribution is 5.90. The number of hydrogen-bond donors (Lipinski definition) is 3. The Bertz CT molecular complexity index is 1960. The normalized spacial score (nSPS) is 17.6. The molecule has 8 unspecified atom stereocenters. The first-order chi connectivity index (χ1) is 32.0. The Morgan fingerprint density at radius 1 is 0.868 bits per heavy atom. The summed E-state index contributed by atoms with van der Waals surface area (Å²) in [5.41, 5.74) is 0.990. The Kier molecular flexibility index (Phi) is 22.4. The van der Waals surface area contributed by atoms with Gasteiger partial charge in [-0.25, -0.2) is 14.6 Å². The molecule has 1 aromatic carbocycles. The number of likely N-dealkylation sites (tertiary alicyclic amines) is 1. The number of likely N-dealkylation sites (N-methyl/N-ethyl adjacent to an activating group) is 2. The first-order valence-corrected chi connectivity index (χ1v) is 24.0. The molecule has 0 radical (unpaired) electrons. The van der Waals surface area contributed by atoms with Crippen molar-refractivity contribution in [2.75, 3.05) is 47.3 Å². The number of benzene rings is 1. The number of methoxy groups -OCH3 is 3. The van der Waals surface area contributed by atoms with Crippen molar-refractivity contribution < 1.29 is 47.7 Å². The molecule has 0 spiro atoms. The number of ether oxygens (including phenoxy) is 4. The van der Waals surface area contributed by atoms with Crippen LogP contribution in [0.1, 0.15) is 106 Å². The van der Waals surface area contributed by atoms with E-state index >= 15 is 0 Å². The van der Waals surface area contributed by atoms with E-state index in [2.05, 4.69) is 20.9 Å². The molecule has 3 rings (SSSR count). The zero-order valence-electron chi connectivity index (χ0n) is 43.3. The van der Waals surface area contributed by atoms with E-state index in [0.717, 1.165) is 11.1 Å². The van der Waals surface area contributed by atoms with Gasteiger partial charge in [-0.05, 0) is 81.7 Å². The standard InChI is InChI=1S/C51H81N7O10/c1-16-33(6)44(39(65-13)29-41(59)58-26-20-23-38(58)45(66-14)34(7)46(60)53-37(49(63)67-15)27-35-21-18-17-19-22-35)57(12)48(62)42(31(2)3)55-47(61)43(32(4)5)56(11)30-36-24-25-52-40(28-36)54-50(64)68-51(8,9)10/h17-19,21-22,24-25,28,31-34,37-39,42-45H,16,20,23,26-27,29-30H2,1-15H3,(H,53,60)(H,55,61)(H,52,54,64)/t33?,34?,37?,38-,39?,42?,43?,44?,45?/m0/s1. The fourth-order valence-corrected chi connectivity index (χ4v) is 9.21. The Labute approximate surface area is 405 Å². The molecule has 1 aromatic heterocycles. The molecule has 68 heavy (non-hydrogen) atoms. The zero-order valence-corrected chi connectivity index (χ0v) is 43.3. The van der Waals surface area contributed by atoms with Gasteiger partial charge in [-0.3, -0.25) is 29.4 Å². The monoisotopic (exact) mass is 952 g/mol. The van der Waals surface area contributed by atoms with Crippen molar-refractivity contribution in [2.45, 2.75) is 156 Å². The van der Waals surface area contributed by atoms with Gasteiger partial charge in [0.05, 0.1) is 49.8 Å². The lowest BCUT2D eigenvalue weighted by molar-refractivity contribution is -0.149. The number of hydrogen-bond acceptors (Lipinski definition) is 12. The summed E-state index contributed by atoms with van der Waals surface area (Å²) in [6.45, 7) is 19.6. The fourth-order valence-electron chi connectivity index (χ4n) is 9.21. The predicted octanol–water partition coefficient (Wildman–Crippen LogP) is 5.85. The molecule has 0 saturated carbocycles. The fraction of sp³-hybridized carbons (Fsp3) is 0.667. The molecular formula is C51H81N7O10. The predicted molar refractivity (Wildman–Crippen MR) is 261 cm³/mol. The second-order valence-electron chi connectivity index (χ2n) is 19.9. The number of pyridine rings is 1. The van der Waals surface area contributed by atoms with Crippen molar-refractivity contribution in [2.24, 2.45) is 23.7 Å². The van der Waals surface area contributed by atoms with E-state index in [4.69, 9.17) is 18.9 Å². The van der Waals surface area contributed by atoms with E-state index < -0.39 is 71.9 Å². The number of carbonyl (C=O) groups excluding carboxylic acids is 6. The minimum absolute atomic E-state index is 0.0406. The molecule has 2 aromatic rings. The van der Waals surface area contributed by atoms with Crippen LogP contribution in [0, 0.1) is 23.7 Å². The third-order valence-corrected chi connectivity index (χ3v) is 12.8. The number of nitrogens with zero attached hydrogens (tertiary/aromatic N) is 4. The van der Waals surface area contributed by atoms with Crippen molar-refractivity contribution in [3.8, 4) is 0 Å². The molecule has 17 heteroatoms. The molecule has 9 atom stereocenters. The van der Waals surface area contributed by atoms with E-state index in [9.17, 15) is 28.8 Å². The molecule has 0 aliphatic carbocycles. The third-order valence-electron chi connectivity index (χ3n) is 12.8. The first kappa shape index (κ1) is 57.2. The summed E-state index contributed by atoms with van der Waals surface area (Å²) in [5.74, 6) is -2.71. The van der Waals surface area contributed by atoms with Gasteiger partial charge in [-0.15, -0.1) is 0 Å². The van der Waals surface area contributed by atoms with Gasteiger partial charge in [-0.1, -0.05) is 85.2 Å². The summed E-state index contributed by atoms with van der Waals surface area (Å²) in [7, 11) is 7.88. The molecule has 1 saturated heterocycles. The van der Waals surface area contributed by atoms with Crippen LogP contribution >= 0.6 is 0 Å². The van der Waals surface area contributed by atoms with Gasteiger partial charge in [0, 0.05) is 47.0 Å². The maximum Gasteiger partial charge on any atom is 0.413 e. The van der Waals surface area contributed by atoms with Crippen LogP contribution in [-0.2, 0) is 55.9 Å². The second kappa shape index (κ2) is 26.6. The van der Waals surface area contributed by atoms with Gasteiger partial charge in [0.1, 0.15) is 23.5 Å². The lowest BCUT2D eigenvalue weighted by atomic mass is 9.89. The van der Waals surface area contributed by atoms with E-state index in [1.165, 1.54) is 21.3 Å². The number of anilines is 1. The maximum atomic E-state index is 14.7. The largest absolute Gasteiger partial charge is 0.467 e. The molecule has 1 fully saturated rings. The Balaban J connectivity index is 1.78. The maximum absolute atomic E-state index is 14.7. The zero-order chi connectivity index (χ0) is 51.0. The molecule has 380 valence electrons. The van der Waals surface area contributed by atoms with Crippen molar-refractivity contribution in [1.29, 1.82) is 0 Å². The van der Waals surface area contributed by atoms with Crippen LogP contribution in [0.15, 0.2) is 48.7 Å². The average molecular weight is 952 g/mol. The quantitative estimate of drug-likeness (QED) is 0.106. The number of rotatable bonds is 24. The van der Waals surface area contributed by atoms with Crippen molar-refractivity contribution in [3.05, 3.63) is 59.8 Å². The smallest absolute Gasteiger partial charge is 0.413 e. The van der Waals surface area contributed by atoms with Crippen molar-refractivity contribution in [1.82, 2.24) is 30.3 Å². The van der Waals surface area contributed by atoms with E-state index in [1.807, 2.05) is 89.9 Å². The molecule has 1 aliphatic heterocycles. The van der Waals surface area contributed by atoms with Crippen LogP contribution in [0.5, 0.6) is 0 Å². The van der Waals surface area contributed by atoms with E-state index in [-0.39, 0.29) is 48.3 Å². The van der Waals surface area contributed by atoms with Gasteiger partial charge < -0.3 is 39.4 Å². The number of nitrogens with one attached hydrogen (secondary N) is 3. The van der Waals surface area contributed by atoms with Crippen LogP contribution in [0.2, 0.25) is 0 Å². The molecule has 0 bridgehead atoms. The molecule has 1 aliphatic rings. The van der Waals surface area contributed by atoms with Crippen molar-refractivity contribution in [3.63, 3.8) is 0 Å². The third kappa shape index (κ3) is 16.3. The molecule has 3 N–H and O–H groups in total. The number of carbonyl (C=O) groups is 6. The lowest BCUT2D eigenvalue weighted by Crippen LogP contribution is -2.60. The van der Waals surface area contributed by atoms with Gasteiger partial charge in [-0.2, -0.15) is 0 Å². The van der Waals surface area contributed by atoms with Gasteiger partial charge in [0.2, 0.25) is 23.6 Å². The number of aromatic nitrogens is 1. The highest BCUT2D eigenvalue weighted by atomic mass is 16.6. The summed E-state index contributed by atoms with van der Waals surface area (Å²) in [6, 6.07) is 9.49. The van der Waals surface area contributed by atoms with E-state index in [1.54, 1.807) is 56.8 Å². The molecular weight excluding hydrogens is 871 g/mol. The van der Waals surface area contributed by atoms with Crippen LogP contribution < -0.4 is 16.0 Å². The average Bonchev–Trinajstić information content (AvgIpc) is 3.76. The Morgan fingerprint density at radius 3 is 2.09 bits per heavy atom. The minimum atomic E-state index is -0.915. The van der Waals surface area contributed by atoms with E-state index in [0.29, 0.717) is 38.2 Å². The van der Waals surface area contributed by atoms with Crippen LogP contribution in [0.3, 0.4) is 0 Å². The Hall–Kier alpha value is -5.13. The number of amides is 5. The van der Waals surface area contributed by atoms with Crippen molar-refractivity contribution >= 4 is 41.5 Å². The first-order valence-electron chi connectivity index (χ1n) is 24.0. The summed E-state index contributed by atoms with van der Waals surface area (Å²) in [4.78, 5) is 91.9. The summed E-state index contributed by atoms with van der Waals surface area (Å²) < 4.78 is 22.4. The van der Waals surface area contributed by atoms with Crippen LogP contribution in [-0.4, -0.2) is 145 Å². The highest BCUT2D eigenvalue weighted by Crippen LogP contribution is 2.30. The van der Waals surface area contributed by atoms with Crippen LogP contribution in [0.25, 0.3) is 0 Å². The summed E-state index contributed by atoms with van der Waals surface area (Å²) >= 11 is 0. The molecule has 5 amide bonds. The summed E-state index contributed by atoms with van der Waals surface area (Å²) in [5, 5.41) is 8.62. The number of esters is 1. The topological polar surface area (TPSA) is 198 Å². The van der Waals surface area contributed by atoms with Crippen LogP contribution in [0.4, 0.5) is 10.6 Å². The van der Waals surface area contributed by atoms with Gasteiger partial charge in [0.15, 0.2) is 0 Å². The summed E-state index contributed by atoms with van der Waals surface area (Å²) in [6.07, 6.45) is 1.76. The highest BCUT2D eigenvalue weighted by Gasteiger charge is 2.44. The Morgan fingerprint density at radius 2 is 1.53 bits per heavy atom. The second-order valence-corrected chi connectivity index (χ2v) is 19.9. The minimum Gasteiger partial charge on any atom is -0.467 e. The molecule has 17 nitrogen and oxygen atoms in total.